The zero-order valence-electron chi connectivity index (χ0n) is 35.9. The van der Waals surface area contributed by atoms with Crippen LogP contribution in [0.1, 0.15) is 77.1 Å². The summed E-state index contributed by atoms with van der Waals surface area (Å²) in [6, 6.07) is 7.04. The molecule has 336 valence electrons. The van der Waals surface area contributed by atoms with Crippen molar-refractivity contribution in [2.45, 2.75) is 122 Å². The van der Waals surface area contributed by atoms with Gasteiger partial charge in [0.2, 0.25) is 35.4 Å². The fourth-order valence-electron chi connectivity index (χ4n) is 7.17. The molecule has 2 aromatic carbocycles. The van der Waals surface area contributed by atoms with Gasteiger partial charge in [0.1, 0.15) is 42.0 Å². The van der Waals surface area contributed by atoms with E-state index in [2.05, 4.69) is 36.6 Å². The molecule has 0 aliphatic carbocycles. The quantitative estimate of drug-likeness (QED) is 0.0690. The summed E-state index contributed by atoms with van der Waals surface area (Å²) in [7, 11) is 0. The van der Waals surface area contributed by atoms with Crippen LogP contribution >= 0.6 is 0 Å². The van der Waals surface area contributed by atoms with Crippen molar-refractivity contribution in [2.24, 2.45) is 17.6 Å². The van der Waals surface area contributed by atoms with Crippen molar-refractivity contribution in [1.29, 1.82) is 0 Å². The first-order chi connectivity index (χ1) is 29.5. The molecule has 2 heterocycles. The highest BCUT2D eigenvalue weighted by molar-refractivity contribution is 5.97. The molecule has 0 unspecified atom stereocenters. The Hall–Kier alpha value is -6.30. The molecule has 6 amide bonds. The number of nitrogens with zero attached hydrogens (tertiary/aromatic N) is 2. The number of aromatic hydroxyl groups is 1. The van der Waals surface area contributed by atoms with Gasteiger partial charge in [-0.05, 0) is 54.4 Å². The molecular weight excluding hydrogens is 799 g/mol. The van der Waals surface area contributed by atoms with Gasteiger partial charge >= 0.3 is 5.97 Å². The predicted octanol–water partition coefficient (Wildman–Crippen LogP) is 1.08. The summed E-state index contributed by atoms with van der Waals surface area (Å²) in [6.07, 6.45) is 4.34. The van der Waals surface area contributed by atoms with Gasteiger partial charge < -0.3 is 52.4 Å². The molecule has 62 heavy (non-hydrogen) atoms. The number of carboxylic acid groups (broad SMARTS) is 1. The topological polar surface area (TPSA) is 278 Å². The first-order valence-electron chi connectivity index (χ1n) is 21.1. The molecule has 0 radical (unpaired) electrons. The van der Waals surface area contributed by atoms with E-state index in [1.165, 1.54) is 29.6 Å². The number of nitrogens with one attached hydrogen (secondary N) is 6. The van der Waals surface area contributed by atoms with Crippen LogP contribution in [-0.2, 0) is 52.8 Å². The van der Waals surface area contributed by atoms with E-state index in [9.17, 15) is 43.8 Å². The molecule has 0 spiro atoms. The van der Waals surface area contributed by atoms with Gasteiger partial charge in [-0.2, -0.15) is 0 Å². The number of phenols is 1. The fourth-order valence-corrected chi connectivity index (χ4v) is 7.17. The molecular formula is C44H61N9O9. The van der Waals surface area contributed by atoms with Crippen LogP contribution in [0.2, 0.25) is 0 Å². The van der Waals surface area contributed by atoms with Gasteiger partial charge in [0.15, 0.2) is 0 Å². The number of aliphatic carboxylic acids is 1. The van der Waals surface area contributed by atoms with E-state index in [0.717, 1.165) is 0 Å². The molecule has 1 aromatic heterocycles. The Bertz CT molecular complexity index is 1980. The number of rotatable bonds is 22. The van der Waals surface area contributed by atoms with Crippen molar-refractivity contribution < 1.29 is 43.8 Å². The Balaban J connectivity index is 1.57. The lowest BCUT2D eigenvalue weighted by Gasteiger charge is -2.32. The van der Waals surface area contributed by atoms with Crippen LogP contribution in [0.25, 0.3) is 0 Å². The second-order valence-corrected chi connectivity index (χ2v) is 16.2. The highest BCUT2D eigenvalue weighted by Crippen LogP contribution is 2.21. The smallest absolute Gasteiger partial charge is 0.326 e. The number of imidazole rings is 1. The van der Waals surface area contributed by atoms with Crippen LogP contribution in [-0.4, -0.2) is 115 Å². The standard InChI is InChI=1S/C44H61N9O9/c1-6-26(5)37(52-39(56)32(20-28-15-17-30(54)18-16-28)48-41(58)36(25(3)4)51-38(55)31(45)7-2)42(59)49-33(22-29-23-46-24-47-29)43(60)53-19-11-14-35(53)40(57)50-34(44(61)62)21-27-12-9-8-10-13-27/h8-10,12-13,15-18,23-26,31-37,54H,6-7,11,14,19-22,45H2,1-5H3,(H,46,47)(H,48,58)(H,49,59)(H,50,57)(H,51,55)(H,52,56)(H,61,62)/t26-,31-,32-,33-,34-,35-,36-,37-/m0/s1. The first-order valence-corrected chi connectivity index (χ1v) is 21.1. The van der Waals surface area contributed by atoms with E-state index < -0.39 is 95.5 Å². The van der Waals surface area contributed by atoms with Crippen LogP contribution in [0.3, 0.4) is 0 Å². The highest BCUT2D eigenvalue weighted by atomic mass is 16.4. The summed E-state index contributed by atoms with van der Waals surface area (Å²) < 4.78 is 0. The van der Waals surface area contributed by atoms with Crippen molar-refractivity contribution in [3.8, 4) is 5.75 Å². The zero-order valence-corrected chi connectivity index (χ0v) is 35.9. The number of amides is 6. The largest absolute Gasteiger partial charge is 0.508 e. The molecule has 1 aliphatic rings. The van der Waals surface area contributed by atoms with Gasteiger partial charge in [-0.25, -0.2) is 9.78 Å². The van der Waals surface area contributed by atoms with Crippen LogP contribution in [0.15, 0.2) is 67.1 Å². The maximum atomic E-state index is 14.4. The fraction of sp³-hybridized carbons (Fsp3) is 0.500. The molecule has 18 nitrogen and oxygen atoms in total. The summed E-state index contributed by atoms with van der Waals surface area (Å²) >= 11 is 0. The van der Waals surface area contributed by atoms with Gasteiger partial charge in [0.05, 0.1) is 12.4 Å². The number of hydrogen-bond donors (Lipinski definition) is 9. The summed E-state index contributed by atoms with van der Waals surface area (Å²) in [5.74, 6) is -5.92. The minimum Gasteiger partial charge on any atom is -0.508 e. The van der Waals surface area contributed by atoms with Crippen molar-refractivity contribution in [2.75, 3.05) is 6.54 Å². The number of nitrogens with two attached hydrogens (primary N) is 1. The van der Waals surface area contributed by atoms with E-state index in [0.29, 0.717) is 36.1 Å². The van der Waals surface area contributed by atoms with Crippen molar-refractivity contribution >= 4 is 41.4 Å². The number of likely N-dealkylation sites (tertiary alicyclic amines) is 1. The molecule has 1 fully saturated rings. The Labute approximate surface area is 361 Å². The number of carbonyl (C=O) groups excluding carboxylic acids is 6. The Morgan fingerprint density at radius 2 is 1.37 bits per heavy atom. The summed E-state index contributed by atoms with van der Waals surface area (Å²) in [4.78, 5) is 104. The minimum absolute atomic E-state index is 0.00485. The molecule has 0 bridgehead atoms. The monoisotopic (exact) mass is 859 g/mol. The maximum Gasteiger partial charge on any atom is 0.326 e. The van der Waals surface area contributed by atoms with Crippen molar-refractivity contribution in [3.63, 3.8) is 0 Å². The number of hydrogen-bond acceptors (Lipinski definition) is 10. The van der Waals surface area contributed by atoms with E-state index in [1.54, 1.807) is 70.2 Å². The van der Waals surface area contributed by atoms with E-state index in [-0.39, 0.29) is 38.0 Å². The van der Waals surface area contributed by atoms with Gasteiger partial charge in [0.25, 0.3) is 0 Å². The minimum atomic E-state index is -1.26. The summed E-state index contributed by atoms with van der Waals surface area (Å²) in [5, 5.41) is 33.5. The third-order valence-corrected chi connectivity index (χ3v) is 11.2. The third kappa shape index (κ3) is 13.6. The number of benzene rings is 2. The zero-order chi connectivity index (χ0) is 45.5. The average molecular weight is 860 g/mol. The van der Waals surface area contributed by atoms with Crippen LogP contribution in [0.5, 0.6) is 5.75 Å². The van der Waals surface area contributed by atoms with E-state index in [1.807, 2.05) is 6.92 Å². The number of carboxylic acids is 1. The Kier molecular flexibility index (Phi) is 18.0. The molecule has 4 rings (SSSR count). The number of aromatic amines is 1. The van der Waals surface area contributed by atoms with Crippen LogP contribution in [0, 0.1) is 11.8 Å². The van der Waals surface area contributed by atoms with Crippen LogP contribution < -0.4 is 32.3 Å². The van der Waals surface area contributed by atoms with E-state index in [4.69, 9.17) is 5.73 Å². The summed E-state index contributed by atoms with van der Waals surface area (Å²) in [5.41, 5.74) is 7.71. The van der Waals surface area contributed by atoms with Crippen molar-refractivity contribution in [1.82, 2.24) is 41.5 Å². The normalized spacial score (nSPS) is 17.1. The van der Waals surface area contributed by atoms with Gasteiger partial charge in [-0.15, -0.1) is 0 Å². The van der Waals surface area contributed by atoms with Gasteiger partial charge in [-0.3, -0.25) is 28.8 Å². The Morgan fingerprint density at radius 3 is 1.97 bits per heavy atom. The first kappa shape index (κ1) is 48.4. The molecule has 10 N–H and O–H groups in total. The number of carbonyl (C=O) groups is 7. The number of H-pyrrole nitrogens is 1. The summed E-state index contributed by atoms with van der Waals surface area (Å²) in [6.45, 7) is 8.95. The highest BCUT2D eigenvalue weighted by Gasteiger charge is 2.41. The number of aromatic nitrogens is 2. The molecule has 8 atom stereocenters. The maximum absolute atomic E-state index is 14.4. The molecule has 18 heteroatoms. The second kappa shape index (κ2) is 23.1. The third-order valence-electron chi connectivity index (χ3n) is 11.2. The lowest BCUT2D eigenvalue weighted by Crippen LogP contribution is -2.61. The average Bonchev–Trinajstić information content (AvgIpc) is 3.97. The second-order valence-electron chi connectivity index (χ2n) is 16.2. The number of phenolic OH excluding ortho intramolecular Hbond substituents is 1. The lowest BCUT2D eigenvalue weighted by molar-refractivity contribution is -0.145. The van der Waals surface area contributed by atoms with Gasteiger partial charge in [-0.1, -0.05) is 83.5 Å². The molecule has 0 saturated carbocycles. The molecule has 1 saturated heterocycles. The molecule has 1 aliphatic heterocycles. The predicted molar refractivity (Wildman–Crippen MR) is 229 cm³/mol. The SMILES string of the molecule is CC[C@H](N)C(=O)N[C@H](C(=O)N[C@@H](Cc1ccc(O)cc1)C(=O)N[C@H](C(=O)N[C@@H](Cc1cnc[nH]1)C(=O)N1CCC[C@H]1C(=O)N[C@@H](Cc1ccccc1)C(=O)O)[C@@H](C)CC)C(C)C. The lowest BCUT2D eigenvalue weighted by atomic mass is 9.96. The van der Waals surface area contributed by atoms with E-state index >= 15 is 0 Å². The Morgan fingerprint density at radius 1 is 0.758 bits per heavy atom. The molecule has 3 aromatic rings. The van der Waals surface area contributed by atoms with Gasteiger partial charge in [0, 0.05) is 37.7 Å². The van der Waals surface area contributed by atoms with Crippen LogP contribution in [0.4, 0.5) is 0 Å². The van der Waals surface area contributed by atoms with Crippen molar-refractivity contribution in [3.05, 3.63) is 83.9 Å².